The van der Waals surface area contributed by atoms with Crippen LogP contribution < -0.4 is 5.32 Å². The molecule has 1 atom stereocenters. The molecule has 1 aliphatic carbocycles. The Balaban J connectivity index is 1.92. The van der Waals surface area contributed by atoms with Gasteiger partial charge < -0.3 is 10.1 Å². The van der Waals surface area contributed by atoms with Crippen LogP contribution in [0.25, 0.3) is 0 Å². The van der Waals surface area contributed by atoms with Gasteiger partial charge in [0.2, 0.25) is 5.13 Å². The molecule has 0 bridgehead atoms. The summed E-state index contributed by atoms with van der Waals surface area (Å²) in [5.41, 5.74) is 0. The molecule has 1 aliphatic rings. The van der Waals surface area contributed by atoms with E-state index >= 15 is 0 Å². The Morgan fingerprint density at radius 1 is 1.47 bits per heavy atom. The van der Waals surface area contributed by atoms with Crippen LogP contribution in [0.5, 0.6) is 0 Å². The molecule has 5 nitrogen and oxygen atoms in total. The third kappa shape index (κ3) is 4.40. The predicted octanol–water partition coefficient (Wildman–Crippen LogP) is 2.22. The average molecular weight is 284 g/mol. The number of rotatable bonds is 9. The Morgan fingerprint density at radius 2 is 2.26 bits per heavy atom. The maximum Gasteiger partial charge on any atom is 0.205 e. The standard InChI is InChI=1S/C13H24N4OS/c1-4-14-13-16-15-12(19-13)9-17(7-8-18-3)10(2)11-5-6-11/h10-11H,4-9H2,1-3H3,(H,14,16). The van der Waals surface area contributed by atoms with E-state index in [1.165, 1.54) is 12.8 Å². The lowest BCUT2D eigenvalue weighted by Gasteiger charge is -2.27. The number of nitrogens with one attached hydrogen (secondary N) is 1. The molecule has 6 heteroatoms. The van der Waals surface area contributed by atoms with Crippen molar-refractivity contribution in [3.05, 3.63) is 5.01 Å². The summed E-state index contributed by atoms with van der Waals surface area (Å²) in [6.07, 6.45) is 2.73. The first-order valence-corrected chi connectivity index (χ1v) is 7.85. The lowest BCUT2D eigenvalue weighted by molar-refractivity contribution is 0.111. The maximum atomic E-state index is 5.22. The monoisotopic (exact) mass is 284 g/mol. The topological polar surface area (TPSA) is 50.3 Å². The van der Waals surface area contributed by atoms with Crippen molar-refractivity contribution in [3.8, 4) is 0 Å². The van der Waals surface area contributed by atoms with Gasteiger partial charge in [-0.25, -0.2) is 0 Å². The number of aromatic nitrogens is 2. The molecular formula is C13H24N4OS. The van der Waals surface area contributed by atoms with E-state index in [0.717, 1.165) is 42.3 Å². The second-order valence-corrected chi connectivity index (χ2v) is 6.13. The van der Waals surface area contributed by atoms with Gasteiger partial charge in [-0.1, -0.05) is 11.3 Å². The van der Waals surface area contributed by atoms with Gasteiger partial charge in [0.05, 0.1) is 13.2 Å². The van der Waals surface area contributed by atoms with Crippen LogP contribution in [0.3, 0.4) is 0 Å². The molecule has 0 amide bonds. The number of methoxy groups -OCH3 is 1. The molecule has 1 aromatic rings. The number of hydrogen-bond donors (Lipinski definition) is 1. The second kappa shape index (κ2) is 7.17. The van der Waals surface area contributed by atoms with Gasteiger partial charge in [0.15, 0.2) is 0 Å². The molecule has 1 aromatic heterocycles. The molecule has 0 radical (unpaired) electrons. The van der Waals surface area contributed by atoms with Crippen LogP contribution in [-0.2, 0) is 11.3 Å². The molecular weight excluding hydrogens is 260 g/mol. The number of ether oxygens (including phenoxy) is 1. The van der Waals surface area contributed by atoms with Crippen LogP contribution in [0.15, 0.2) is 0 Å². The molecule has 108 valence electrons. The summed E-state index contributed by atoms with van der Waals surface area (Å²) in [5.74, 6) is 0.859. The third-order valence-corrected chi connectivity index (χ3v) is 4.46. The number of nitrogens with zero attached hydrogens (tertiary/aromatic N) is 3. The predicted molar refractivity (Wildman–Crippen MR) is 78.5 cm³/mol. The van der Waals surface area contributed by atoms with Crippen molar-refractivity contribution in [3.63, 3.8) is 0 Å². The van der Waals surface area contributed by atoms with E-state index in [0.29, 0.717) is 6.04 Å². The van der Waals surface area contributed by atoms with Crippen molar-refractivity contribution in [2.75, 3.05) is 32.1 Å². The van der Waals surface area contributed by atoms with E-state index in [-0.39, 0.29) is 0 Å². The first kappa shape index (κ1) is 14.7. The molecule has 1 fully saturated rings. The highest BCUT2D eigenvalue weighted by Gasteiger charge is 2.32. The minimum Gasteiger partial charge on any atom is -0.383 e. The van der Waals surface area contributed by atoms with Crippen molar-refractivity contribution in [2.45, 2.75) is 39.3 Å². The summed E-state index contributed by atoms with van der Waals surface area (Å²) in [5, 5.41) is 13.6. The van der Waals surface area contributed by atoms with Crippen LogP contribution in [-0.4, -0.2) is 47.9 Å². The Morgan fingerprint density at radius 3 is 2.89 bits per heavy atom. The summed E-state index contributed by atoms with van der Waals surface area (Å²) in [4.78, 5) is 2.47. The summed E-state index contributed by atoms with van der Waals surface area (Å²) in [7, 11) is 1.76. The summed E-state index contributed by atoms with van der Waals surface area (Å²) in [6, 6.07) is 0.613. The van der Waals surface area contributed by atoms with Gasteiger partial charge in [-0.15, -0.1) is 10.2 Å². The van der Waals surface area contributed by atoms with E-state index in [2.05, 4.69) is 34.3 Å². The van der Waals surface area contributed by atoms with Crippen LogP contribution in [0.2, 0.25) is 0 Å². The van der Waals surface area contributed by atoms with Gasteiger partial charge in [0.1, 0.15) is 5.01 Å². The van der Waals surface area contributed by atoms with Crippen molar-refractivity contribution in [1.82, 2.24) is 15.1 Å². The van der Waals surface area contributed by atoms with E-state index in [4.69, 9.17) is 4.74 Å². The first-order valence-electron chi connectivity index (χ1n) is 7.03. The van der Waals surface area contributed by atoms with Crippen LogP contribution in [0.4, 0.5) is 5.13 Å². The highest BCUT2D eigenvalue weighted by atomic mass is 32.1. The van der Waals surface area contributed by atoms with Crippen molar-refractivity contribution < 1.29 is 4.74 Å². The Kier molecular flexibility index (Phi) is 5.54. The van der Waals surface area contributed by atoms with Gasteiger partial charge in [-0.05, 0) is 32.6 Å². The Hall–Kier alpha value is -0.720. The largest absolute Gasteiger partial charge is 0.383 e. The zero-order valence-corrected chi connectivity index (χ0v) is 12.9. The van der Waals surface area contributed by atoms with Crippen molar-refractivity contribution in [1.29, 1.82) is 0 Å². The molecule has 0 saturated heterocycles. The third-order valence-electron chi connectivity index (χ3n) is 3.60. The van der Waals surface area contributed by atoms with Gasteiger partial charge >= 0.3 is 0 Å². The lowest BCUT2D eigenvalue weighted by atomic mass is 10.2. The second-order valence-electron chi connectivity index (χ2n) is 5.07. The zero-order chi connectivity index (χ0) is 13.7. The van der Waals surface area contributed by atoms with Gasteiger partial charge in [0.25, 0.3) is 0 Å². The fraction of sp³-hybridized carbons (Fsp3) is 0.846. The molecule has 0 aliphatic heterocycles. The van der Waals surface area contributed by atoms with Gasteiger partial charge in [-0.2, -0.15) is 0 Å². The highest BCUT2D eigenvalue weighted by molar-refractivity contribution is 7.15. The number of anilines is 1. The maximum absolute atomic E-state index is 5.22. The average Bonchev–Trinajstić information content (AvgIpc) is 3.16. The molecule has 1 heterocycles. The number of hydrogen-bond acceptors (Lipinski definition) is 6. The SMILES string of the molecule is CCNc1nnc(CN(CCOC)C(C)C2CC2)s1. The minimum absolute atomic E-state index is 0.613. The van der Waals surface area contributed by atoms with Crippen LogP contribution in [0.1, 0.15) is 31.7 Å². The lowest BCUT2D eigenvalue weighted by Crippen LogP contribution is -2.36. The van der Waals surface area contributed by atoms with Crippen molar-refractivity contribution in [2.24, 2.45) is 5.92 Å². The molecule has 0 aromatic carbocycles. The minimum atomic E-state index is 0.613. The van der Waals surface area contributed by atoms with Crippen LogP contribution in [0, 0.1) is 5.92 Å². The summed E-state index contributed by atoms with van der Waals surface area (Å²) < 4.78 is 5.22. The fourth-order valence-corrected chi connectivity index (χ4v) is 3.06. The molecule has 0 spiro atoms. The van der Waals surface area contributed by atoms with Gasteiger partial charge in [-0.3, -0.25) is 4.90 Å². The molecule has 1 N–H and O–H groups in total. The van der Waals surface area contributed by atoms with E-state index in [9.17, 15) is 0 Å². The molecule has 2 rings (SSSR count). The Bertz CT molecular complexity index is 380. The van der Waals surface area contributed by atoms with Gasteiger partial charge in [0, 0.05) is 26.2 Å². The molecule has 1 unspecified atom stereocenters. The smallest absolute Gasteiger partial charge is 0.205 e. The zero-order valence-electron chi connectivity index (χ0n) is 12.1. The van der Waals surface area contributed by atoms with E-state index in [1.54, 1.807) is 18.4 Å². The molecule has 19 heavy (non-hydrogen) atoms. The van der Waals surface area contributed by atoms with E-state index < -0.39 is 0 Å². The van der Waals surface area contributed by atoms with Crippen molar-refractivity contribution >= 4 is 16.5 Å². The quantitative estimate of drug-likeness (QED) is 0.753. The highest BCUT2D eigenvalue weighted by Crippen LogP contribution is 2.35. The summed E-state index contributed by atoms with van der Waals surface area (Å²) >= 11 is 1.65. The van der Waals surface area contributed by atoms with Crippen LogP contribution >= 0.6 is 11.3 Å². The summed E-state index contributed by atoms with van der Waals surface area (Å²) in [6.45, 7) is 7.89. The van der Waals surface area contributed by atoms with E-state index in [1.807, 2.05) is 0 Å². The molecule has 1 saturated carbocycles. The Labute approximate surface area is 119 Å². The fourth-order valence-electron chi connectivity index (χ4n) is 2.23. The normalized spacial score (nSPS) is 16.8. The first-order chi connectivity index (χ1) is 9.24.